The van der Waals surface area contributed by atoms with Crippen molar-refractivity contribution in [3.05, 3.63) is 29.8 Å². The zero-order valence-corrected chi connectivity index (χ0v) is 12.2. The Morgan fingerprint density at radius 2 is 2.05 bits per heavy atom. The number of carbonyl (C=O) groups is 1. The predicted octanol–water partition coefficient (Wildman–Crippen LogP) is 1.84. The first kappa shape index (κ1) is 14.9. The molecule has 0 spiro atoms. The first-order valence-corrected chi connectivity index (χ1v) is 7.50. The molecule has 2 rings (SSSR count). The maximum atomic E-state index is 12.2. The molecule has 0 aliphatic carbocycles. The van der Waals surface area contributed by atoms with Crippen molar-refractivity contribution in [1.29, 1.82) is 0 Å². The number of hydrogen-bond donors (Lipinski definition) is 1. The van der Waals surface area contributed by atoms with Crippen molar-refractivity contribution in [3.63, 3.8) is 0 Å². The van der Waals surface area contributed by atoms with E-state index in [9.17, 15) is 4.79 Å². The molecule has 20 heavy (non-hydrogen) atoms. The van der Waals surface area contributed by atoms with E-state index in [0.717, 1.165) is 44.8 Å². The van der Waals surface area contributed by atoms with Crippen LogP contribution in [0.2, 0.25) is 0 Å². The SMILES string of the molecule is CCOc1ccc(CCC(=O)N2CCCNCC2)cc1. The summed E-state index contributed by atoms with van der Waals surface area (Å²) >= 11 is 0. The molecule has 1 aromatic rings. The standard InChI is InChI=1S/C16H24N2O2/c1-2-20-15-7-4-14(5-8-15)6-9-16(19)18-12-3-10-17-11-13-18/h4-5,7-8,17H,2-3,6,9-13H2,1H3. The summed E-state index contributed by atoms with van der Waals surface area (Å²) in [5, 5.41) is 3.32. The first-order chi connectivity index (χ1) is 9.79. The Kier molecular flexibility index (Phi) is 5.87. The number of benzene rings is 1. The van der Waals surface area contributed by atoms with E-state index >= 15 is 0 Å². The molecule has 0 bridgehead atoms. The third kappa shape index (κ3) is 4.53. The monoisotopic (exact) mass is 276 g/mol. The van der Waals surface area contributed by atoms with E-state index in [2.05, 4.69) is 5.32 Å². The minimum Gasteiger partial charge on any atom is -0.494 e. The quantitative estimate of drug-likeness (QED) is 0.892. The molecule has 110 valence electrons. The molecule has 1 N–H and O–H groups in total. The van der Waals surface area contributed by atoms with Gasteiger partial charge in [0.25, 0.3) is 0 Å². The van der Waals surface area contributed by atoms with Crippen LogP contribution < -0.4 is 10.1 Å². The largest absolute Gasteiger partial charge is 0.494 e. The zero-order chi connectivity index (χ0) is 14.2. The van der Waals surface area contributed by atoms with Gasteiger partial charge in [-0.05, 0) is 44.0 Å². The van der Waals surface area contributed by atoms with Crippen LogP contribution in [0.15, 0.2) is 24.3 Å². The maximum absolute atomic E-state index is 12.2. The van der Waals surface area contributed by atoms with Gasteiger partial charge in [0.05, 0.1) is 6.61 Å². The van der Waals surface area contributed by atoms with E-state index in [1.165, 1.54) is 5.56 Å². The van der Waals surface area contributed by atoms with Crippen molar-refractivity contribution in [1.82, 2.24) is 10.2 Å². The Morgan fingerprint density at radius 1 is 1.25 bits per heavy atom. The predicted molar refractivity (Wildman–Crippen MR) is 80.0 cm³/mol. The molecule has 0 saturated carbocycles. The van der Waals surface area contributed by atoms with E-state index in [1.807, 2.05) is 36.1 Å². The third-order valence-corrected chi connectivity index (χ3v) is 3.55. The molecule has 1 aromatic carbocycles. The summed E-state index contributed by atoms with van der Waals surface area (Å²) in [7, 11) is 0. The number of aryl methyl sites for hydroxylation is 1. The van der Waals surface area contributed by atoms with Gasteiger partial charge in [0.2, 0.25) is 5.91 Å². The van der Waals surface area contributed by atoms with Crippen LogP contribution in [0.4, 0.5) is 0 Å². The molecule has 1 aliphatic rings. The molecule has 1 saturated heterocycles. The highest BCUT2D eigenvalue weighted by Gasteiger charge is 2.14. The van der Waals surface area contributed by atoms with Crippen LogP contribution in [0.3, 0.4) is 0 Å². The molecule has 1 heterocycles. The third-order valence-electron chi connectivity index (χ3n) is 3.55. The van der Waals surface area contributed by atoms with E-state index in [1.54, 1.807) is 0 Å². The minimum atomic E-state index is 0.266. The smallest absolute Gasteiger partial charge is 0.222 e. The zero-order valence-electron chi connectivity index (χ0n) is 12.2. The van der Waals surface area contributed by atoms with Gasteiger partial charge in [0.1, 0.15) is 5.75 Å². The Balaban J connectivity index is 1.80. The molecule has 1 aliphatic heterocycles. The molecule has 1 amide bonds. The summed E-state index contributed by atoms with van der Waals surface area (Å²) in [5.74, 6) is 1.16. The number of carbonyl (C=O) groups excluding carboxylic acids is 1. The Labute approximate surface area is 121 Å². The first-order valence-electron chi connectivity index (χ1n) is 7.50. The Hall–Kier alpha value is -1.55. The molecular formula is C16H24N2O2. The Bertz CT molecular complexity index is 409. The number of rotatable bonds is 5. The van der Waals surface area contributed by atoms with E-state index in [0.29, 0.717) is 13.0 Å². The summed E-state index contributed by atoms with van der Waals surface area (Å²) < 4.78 is 5.41. The summed E-state index contributed by atoms with van der Waals surface area (Å²) in [6.07, 6.45) is 2.44. The van der Waals surface area contributed by atoms with Crippen molar-refractivity contribution in [2.24, 2.45) is 0 Å². The molecule has 1 fully saturated rings. The van der Waals surface area contributed by atoms with Crippen molar-refractivity contribution in [3.8, 4) is 5.75 Å². The van der Waals surface area contributed by atoms with Gasteiger partial charge in [-0.2, -0.15) is 0 Å². The number of nitrogens with zero attached hydrogens (tertiary/aromatic N) is 1. The average molecular weight is 276 g/mol. The number of amides is 1. The fourth-order valence-corrected chi connectivity index (χ4v) is 2.42. The van der Waals surface area contributed by atoms with E-state index < -0.39 is 0 Å². The highest BCUT2D eigenvalue weighted by molar-refractivity contribution is 5.76. The van der Waals surface area contributed by atoms with Crippen molar-refractivity contribution >= 4 is 5.91 Å². The highest BCUT2D eigenvalue weighted by Crippen LogP contribution is 2.14. The van der Waals surface area contributed by atoms with Gasteiger partial charge >= 0.3 is 0 Å². The molecule has 0 atom stereocenters. The van der Waals surface area contributed by atoms with Crippen LogP contribution in [-0.2, 0) is 11.2 Å². The van der Waals surface area contributed by atoms with E-state index in [-0.39, 0.29) is 5.91 Å². The lowest BCUT2D eigenvalue weighted by Gasteiger charge is -2.19. The van der Waals surface area contributed by atoms with Gasteiger partial charge in [0, 0.05) is 26.1 Å². The fourth-order valence-electron chi connectivity index (χ4n) is 2.42. The number of hydrogen-bond acceptors (Lipinski definition) is 3. The van der Waals surface area contributed by atoms with Gasteiger partial charge in [-0.25, -0.2) is 0 Å². The second kappa shape index (κ2) is 7.90. The van der Waals surface area contributed by atoms with Crippen LogP contribution in [0, 0.1) is 0 Å². The second-order valence-electron chi connectivity index (χ2n) is 5.06. The molecule has 4 heteroatoms. The summed E-state index contributed by atoms with van der Waals surface area (Å²) in [6.45, 7) is 6.30. The van der Waals surface area contributed by atoms with E-state index in [4.69, 9.17) is 4.74 Å². The lowest BCUT2D eigenvalue weighted by atomic mass is 10.1. The van der Waals surface area contributed by atoms with Gasteiger partial charge in [-0.15, -0.1) is 0 Å². The van der Waals surface area contributed by atoms with Gasteiger partial charge in [-0.1, -0.05) is 12.1 Å². The summed E-state index contributed by atoms with van der Waals surface area (Å²) in [5.41, 5.74) is 1.19. The van der Waals surface area contributed by atoms with Crippen LogP contribution in [-0.4, -0.2) is 43.6 Å². The molecule has 0 aromatic heterocycles. The minimum absolute atomic E-state index is 0.266. The highest BCUT2D eigenvalue weighted by atomic mass is 16.5. The summed E-state index contributed by atoms with van der Waals surface area (Å²) in [4.78, 5) is 14.1. The van der Waals surface area contributed by atoms with Crippen molar-refractivity contribution in [2.45, 2.75) is 26.2 Å². The van der Waals surface area contributed by atoms with Crippen LogP contribution in [0.25, 0.3) is 0 Å². The van der Waals surface area contributed by atoms with Crippen LogP contribution >= 0.6 is 0 Å². The van der Waals surface area contributed by atoms with Crippen LogP contribution in [0.5, 0.6) is 5.75 Å². The lowest BCUT2D eigenvalue weighted by molar-refractivity contribution is -0.130. The van der Waals surface area contributed by atoms with Crippen molar-refractivity contribution < 1.29 is 9.53 Å². The van der Waals surface area contributed by atoms with Gasteiger partial charge in [0.15, 0.2) is 0 Å². The molecule has 0 radical (unpaired) electrons. The fraction of sp³-hybridized carbons (Fsp3) is 0.562. The second-order valence-corrected chi connectivity index (χ2v) is 5.06. The normalized spacial score (nSPS) is 15.8. The topological polar surface area (TPSA) is 41.6 Å². The Morgan fingerprint density at radius 3 is 2.80 bits per heavy atom. The maximum Gasteiger partial charge on any atom is 0.222 e. The summed E-state index contributed by atoms with van der Waals surface area (Å²) in [6, 6.07) is 8.03. The molecule has 4 nitrogen and oxygen atoms in total. The van der Waals surface area contributed by atoms with Gasteiger partial charge in [-0.3, -0.25) is 4.79 Å². The van der Waals surface area contributed by atoms with Crippen LogP contribution in [0.1, 0.15) is 25.3 Å². The number of ether oxygens (including phenoxy) is 1. The molecule has 0 unspecified atom stereocenters. The van der Waals surface area contributed by atoms with Gasteiger partial charge < -0.3 is 15.0 Å². The lowest BCUT2D eigenvalue weighted by Crippen LogP contribution is -2.34. The number of nitrogens with one attached hydrogen (secondary N) is 1. The molecular weight excluding hydrogens is 252 g/mol. The van der Waals surface area contributed by atoms with Crippen molar-refractivity contribution in [2.75, 3.05) is 32.8 Å². The average Bonchev–Trinajstić information content (AvgIpc) is 2.76.